The molecule has 0 radical (unpaired) electrons. The Balaban J connectivity index is 1.57. The third-order valence-electron chi connectivity index (χ3n) is 5.13. The molecule has 0 saturated heterocycles. The van der Waals surface area contributed by atoms with Crippen LogP contribution in [-0.4, -0.2) is 30.1 Å². The lowest BCUT2D eigenvalue weighted by molar-refractivity contribution is -0.119. The molecule has 34 heavy (non-hydrogen) atoms. The van der Waals surface area contributed by atoms with E-state index in [9.17, 15) is 14.4 Å². The van der Waals surface area contributed by atoms with Gasteiger partial charge in [-0.1, -0.05) is 36.4 Å². The van der Waals surface area contributed by atoms with Gasteiger partial charge in [0.15, 0.2) is 6.61 Å². The van der Waals surface area contributed by atoms with Crippen molar-refractivity contribution in [2.45, 2.75) is 32.6 Å². The standard InChI is InChI=1S/C27H28N2O4S/c1-17-9-11-19(3)22(13-17)28-25(30)15-33-27(32)21-7-5-6-8-24(21)34-16-26(31)29-23-14-18(2)10-12-20(23)4/h5-14H,15-16H2,1-4H3,(H,28,30)(H,29,31). The Labute approximate surface area is 204 Å². The molecule has 3 aromatic rings. The summed E-state index contributed by atoms with van der Waals surface area (Å²) >= 11 is 1.24. The van der Waals surface area contributed by atoms with Crippen LogP contribution in [0.25, 0.3) is 0 Å². The van der Waals surface area contributed by atoms with Crippen LogP contribution < -0.4 is 10.6 Å². The molecule has 3 rings (SSSR count). The third-order valence-corrected chi connectivity index (χ3v) is 6.21. The third kappa shape index (κ3) is 6.96. The molecule has 0 heterocycles. The predicted molar refractivity (Wildman–Crippen MR) is 137 cm³/mol. The van der Waals surface area contributed by atoms with Crippen molar-refractivity contribution in [2.24, 2.45) is 0 Å². The second-order valence-electron chi connectivity index (χ2n) is 8.09. The van der Waals surface area contributed by atoms with Gasteiger partial charge in [0.25, 0.3) is 5.91 Å². The number of aryl methyl sites for hydroxylation is 4. The lowest BCUT2D eigenvalue weighted by Gasteiger charge is -2.12. The largest absolute Gasteiger partial charge is 0.452 e. The summed E-state index contributed by atoms with van der Waals surface area (Å²) < 4.78 is 5.24. The fourth-order valence-corrected chi connectivity index (χ4v) is 4.07. The Morgan fingerprint density at radius 2 is 1.32 bits per heavy atom. The maximum Gasteiger partial charge on any atom is 0.339 e. The first kappa shape index (κ1) is 25.1. The second kappa shape index (κ2) is 11.5. The Kier molecular flexibility index (Phi) is 8.49. The predicted octanol–water partition coefficient (Wildman–Crippen LogP) is 5.45. The van der Waals surface area contributed by atoms with E-state index < -0.39 is 18.5 Å². The highest BCUT2D eigenvalue weighted by Crippen LogP contribution is 2.24. The van der Waals surface area contributed by atoms with E-state index in [1.54, 1.807) is 24.3 Å². The van der Waals surface area contributed by atoms with Crippen molar-refractivity contribution in [3.63, 3.8) is 0 Å². The molecule has 0 aliphatic carbocycles. The highest BCUT2D eigenvalue weighted by atomic mass is 32.2. The van der Waals surface area contributed by atoms with Gasteiger partial charge in [-0.05, 0) is 74.2 Å². The average Bonchev–Trinajstić information content (AvgIpc) is 2.81. The molecule has 7 heteroatoms. The number of hydrogen-bond acceptors (Lipinski definition) is 5. The minimum Gasteiger partial charge on any atom is -0.452 e. The molecular formula is C27H28N2O4S. The van der Waals surface area contributed by atoms with Gasteiger partial charge in [-0.2, -0.15) is 0 Å². The first-order valence-electron chi connectivity index (χ1n) is 10.9. The van der Waals surface area contributed by atoms with E-state index in [-0.39, 0.29) is 11.7 Å². The van der Waals surface area contributed by atoms with E-state index in [4.69, 9.17) is 4.74 Å². The summed E-state index contributed by atoms with van der Waals surface area (Å²) in [6.07, 6.45) is 0. The van der Waals surface area contributed by atoms with Gasteiger partial charge < -0.3 is 15.4 Å². The summed E-state index contributed by atoms with van der Waals surface area (Å²) in [4.78, 5) is 38.0. The highest BCUT2D eigenvalue weighted by molar-refractivity contribution is 8.00. The number of benzene rings is 3. The molecule has 0 saturated carbocycles. The summed E-state index contributed by atoms with van der Waals surface area (Å²) in [5.74, 6) is -1.07. The van der Waals surface area contributed by atoms with Gasteiger partial charge in [0.05, 0.1) is 11.3 Å². The van der Waals surface area contributed by atoms with Gasteiger partial charge >= 0.3 is 5.97 Å². The molecule has 0 aromatic heterocycles. The second-order valence-corrected chi connectivity index (χ2v) is 9.11. The lowest BCUT2D eigenvalue weighted by Crippen LogP contribution is -2.21. The van der Waals surface area contributed by atoms with E-state index in [1.807, 2.05) is 64.1 Å². The SMILES string of the molecule is Cc1ccc(C)c(NC(=O)COC(=O)c2ccccc2SCC(=O)Nc2cc(C)ccc2C)c1. The summed E-state index contributed by atoms with van der Waals surface area (Å²) in [6.45, 7) is 7.33. The van der Waals surface area contributed by atoms with Crippen LogP contribution in [0.1, 0.15) is 32.6 Å². The van der Waals surface area contributed by atoms with Gasteiger partial charge in [-0.25, -0.2) is 4.79 Å². The lowest BCUT2D eigenvalue weighted by atomic mass is 10.1. The molecule has 0 aliphatic heterocycles. The minimum absolute atomic E-state index is 0.130. The molecule has 0 aliphatic rings. The first-order valence-corrected chi connectivity index (χ1v) is 11.8. The molecule has 0 unspecified atom stereocenters. The van der Waals surface area contributed by atoms with Gasteiger partial charge in [-0.3, -0.25) is 9.59 Å². The van der Waals surface area contributed by atoms with E-state index in [0.717, 1.165) is 27.9 Å². The summed E-state index contributed by atoms with van der Waals surface area (Å²) in [7, 11) is 0. The zero-order chi connectivity index (χ0) is 24.7. The highest BCUT2D eigenvalue weighted by Gasteiger charge is 2.16. The topological polar surface area (TPSA) is 84.5 Å². The van der Waals surface area contributed by atoms with E-state index >= 15 is 0 Å². The number of rotatable bonds is 8. The number of carbonyl (C=O) groups excluding carboxylic acids is 3. The monoisotopic (exact) mass is 476 g/mol. The Morgan fingerprint density at radius 1 is 0.765 bits per heavy atom. The van der Waals surface area contributed by atoms with Crippen LogP contribution in [0, 0.1) is 27.7 Å². The van der Waals surface area contributed by atoms with Crippen LogP contribution in [-0.2, 0) is 14.3 Å². The summed E-state index contributed by atoms with van der Waals surface area (Å²) in [5.41, 5.74) is 5.75. The number of anilines is 2. The number of thioether (sulfide) groups is 1. The van der Waals surface area contributed by atoms with E-state index in [0.29, 0.717) is 16.1 Å². The minimum atomic E-state index is -0.617. The molecule has 0 bridgehead atoms. The Bertz CT molecular complexity index is 1220. The van der Waals surface area contributed by atoms with Crippen LogP contribution in [0.2, 0.25) is 0 Å². The molecule has 2 N–H and O–H groups in total. The Hall–Kier alpha value is -3.58. The van der Waals surface area contributed by atoms with Crippen molar-refractivity contribution in [1.29, 1.82) is 0 Å². The maximum absolute atomic E-state index is 12.6. The van der Waals surface area contributed by atoms with Gasteiger partial charge in [0, 0.05) is 16.3 Å². The van der Waals surface area contributed by atoms with Crippen molar-refractivity contribution < 1.29 is 19.1 Å². The molecule has 176 valence electrons. The molecular weight excluding hydrogens is 448 g/mol. The first-order chi connectivity index (χ1) is 16.2. The molecule has 0 fully saturated rings. The number of hydrogen-bond donors (Lipinski definition) is 2. The van der Waals surface area contributed by atoms with Crippen LogP contribution in [0.4, 0.5) is 11.4 Å². The van der Waals surface area contributed by atoms with Crippen LogP contribution in [0.3, 0.4) is 0 Å². The fraction of sp³-hybridized carbons (Fsp3) is 0.222. The van der Waals surface area contributed by atoms with Gasteiger partial charge in [0.2, 0.25) is 5.91 Å². The zero-order valence-electron chi connectivity index (χ0n) is 19.7. The molecule has 6 nitrogen and oxygen atoms in total. The van der Waals surface area contributed by atoms with Gasteiger partial charge in [-0.15, -0.1) is 11.8 Å². The average molecular weight is 477 g/mol. The Morgan fingerprint density at radius 3 is 1.94 bits per heavy atom. The fourth-order valence-electron chi connectivity index (χ4n) is 3.23. The van der Waals surface area contributed by atoms with Crippen molar-refractivity contribution in [3.8, 4) is 0 Å². The number of carbonyl (C=O) groups is 3. The van der Waals surface area contributed by atoms with Crippen molar-refractivity contribution in [3.05, 3.63) is 88.5 Å². The van der Waals surface area contributed by atoms with E-state index in [2.05, 4.69) is 10.6 Å². The normalized spacial score (nSPS) is 10.5. The van der Waals surface area contributed by atoms with Crippen molar-refractivity contribution in [2.75, 3.05) is 23.0 Å². The van der Waals surface area contributed by atoms with Crippen LogP contribution in [0.5, 0.6) is 0 Å². The molecule has 2 amide bonds. The number of amides is 2. The van der Waals surface area contributed by atoms with Gasteiger partial charge in [0.1, 0.15) is 0 Å². The number of ether oxygens (including phenoxy) is 1. The van der Waals surface area contributed by atoms with E-state index in [1.165, 1.54) is 11.8 Å². The molecule has 3 aromatic carbocycles. The quantitative estimate of drug-likeness (QED) is 0.334. The number of esters is 1. The summed E-state index contributed by atoms with van der Waals surface area (Å²) in [6, 6.07) is 18.5. The van der Waals surface area contributed by atoms with Crippen LogP contribution >= 0.6 is 11.8 Å². The summed E-state index contributed by atoms with van der Waals surface area (Å²) in [5, 5.41) is 5.68. The number of nitrogens with one attached hydrogen (secondary N) is 2. The van der Waals surface area contributed by atoms with Crippen LogP contribution in [0.15, 0.2) is 65.6 Å². The zero-order valence-corrected chi connectivity index (χ0v) is 20.5. The molecule has 0 spiro atoms. The smallest absolute Gasteiger partial charge is 0.339 e. The maximum atomic E-state index is 12.6. The van der Waals surface area contributed by atoms with Crippen molar-refractivity contribution >= 4 is 40.9 Å². The molecule has 0 atom stereocenters. The van der Waals surface area contributed by atoms with Crippen molar-refractivity contribution in [1.82, 2.24) is 0 Å².